The van der Waals surface area contributed by atoms with Crippen LogP contribution in [0.2, 0.25) is 0 Å². The van der Waals surface area contributed by atoms with Crippen LogP contribution in [-0.4, -0.2) is 25.2 Å². The van der Waals surface area contributed by atoms with Crippen molar-refractivity contribution < 1.29 is 0 Å². The van der Waals surface area contributed by atoms with Crippen LogP contribution >= 0.6 is 0 Å². The second-order valence-electron chi connectivity index (χ2n) is 5.15. The van der Waals surface area contributed by atoms with Crippen LogP contribution in [0.15, 0.2) is 24.3 Å². The largest absolute Gasteiger partial charge is 0.369 e. The average Bonchev–Trinajstić information content (AvgIpc) is 2.33. The Kier molecular flexibility index (Phi) is 4.06. The van der Waals surface area contributed by atoms with Gasteiger partial charge in [0, 0.05) is 24.3 Å². The maximum absolute atomic E-state index is 3.52. The molecule has 0 saturated carbocycles. The zero-order valence-corrected chi connectivity index (χ0v) is 11.2. The standard InChI is InChI=1S/C15H24N2/c1-4-17(14-7-5-12(2)6-8-14)15-9-10-16-13(3)11-15/h5-8,13,15-16H,4,9-11H2,1-3H3. The molecule has 1 aliphatic heterocycles. The van der Waals surface area contributed by atoms with E-state index in [9.17, 15) is 0 Å². The van der Waals surface area contributed by atoms with E-state index in [1.165, 1.54) is 24.1 Å². The highest BCUT2D eigenvalue weighted by molar-refractivity contribution is 5.48. The van der Waals surface area contributed by atoms with E-state index >= 15 is 0 Å². The Morgan fingerprint density at radius 3 is 2.59 bits per heavy atom. The molecule has 2 rings (SSSR count). The summed E-state index contributed by atoms with van der Waals surface area (Å²) in [7, 11) is 0. The lowest BCUT2D eigenvalue weighted by atomic mass is 9.98. The van der Waals surface area contributed by atoms with Crippen molar-refractivity contribution >= 4 is 5.69 Å². The van der Waals surface area contributed by atoms with Gasteiger partial charge in [0.1, 0.15) is 0 Å². The lowest BCUT2D eigenvalue weighted by molar-refractivity contribution is 0.365. The first-order valence-corrected chi connectivity index (χ1v) is 6.77. The molecule has 0 aliphatic carbocycles. The van der Waals surface area contributed by atoms with E-state index in [1.54, 1.807) is 0 Å². The van der Waals surface area contributed by atoms with Crippen molar-refractivity contribution in [1.29, 1.82) is 0 Å². The van der Waals surface area contributed by atoms with Gasteiger partial charge in [-0.15, -0.1) is 0 Å². The summed E-state index contributed by atoms with van der Waals surface area (Å²) in [5, 5.41) is 3.52. The molecule has 2 heteroatoms. The van der Waals surface area contributed by atoms with Crippen LogP contribution in [0.4, 0.5) is 5.69 Å². The fraction of sp³-hybridized carbons (Fsp3) is 0.600. The van der Waals surface area contributed by atoms with Crippen LogP contribution in [0.5, 0.6) is 0 Å². The van der Waals surface area contributed by atoms with E-state index in [2.05, 4.69) is 55.3 Å². The van der Waals surface area contributed by atoms with Crippen molar-refractivity contribution in [2.24, 2.45) is 0 Å². The summed E-state index contributed by atoms with van der Waals surface area (Å²) in [4.78, 5) is 2.55. The monoisotopic (exact) mass is 232 g/mol. The summed E-state index contributed by atoms with van der Waals surface area (Å²) >= 11 is 0. The molecule has 1 aliphatic rings. The molecule has 1 fully saturated rings. The lowest BCUT2D eigenvalue weighted by Gasteiger charge is -2.38. The smallest absolute Gasteiger partial charge is 0.0368 e. The van der Waals surface area contributed by atoms with Crippen molar-refractivity contribution in [2.45, 2.75) is 45.7 Å². The molecule has 1 aromatic carbocycles. The molecule has 1 N–H and O–H groups in total. The van der Waals surface area contributed by atoms with Gasteiger partial charge in [0.05, 0.1) is 0 Å². The molecule has 2 nitrogen and oxygen atoms in total. The molecule has 0 aromatic heterocycles. The van der Waals surface area contributed by atoms with Crippen molar-refractivity contribution in [3.05, 3.63) is 29.8 Å². The predicted molar refractivity (Wildman–Crippen MR) is 74.7 cm³/mol. The Bertz CT molecular complexity index is 344. The Morgan fingerprint density at radius 2 is 2.00 bits per heavy atom. The zero-order chi connectivity index (χ0) is 12.3. The molecule has 17 heavy (non-hydrogen) atoms. The molecular weight excluding hydrogens is 208 g/mol. The van der Waals surface area contributed by atoms with Gasteiger partial charge in [-0.25, -0.2) is 0 Å². The highest BCUT2D eigenvalue weighted by atomic mass is 15.2. The van der Waals surface area contributed by atoms with Gasteiger partial charge in [-0.05, 0) is 52.3 Å². The van der Waals surface area contributed by atoms with E-state index in [-0.39, 0.29) is 0 Å². The van der Waals surface area contributed by atoms with Crippen molar-refractivity contribution in [3.8, 4) is 0 Å². The molecule has 2 unspecified atom stereocenters. The number of piperidine rings is 1. The normalized spacial score (nSPS) is 24.6. The number of aryl methyl sites for hydroxylation is 1. The summed E-state index contributed by atoms with van der Waals surface area (Å²) in [6.07, 6.45) is 2.51. The fourth-order valence-electron chi connectivity index (χ4n) is 2.78. The van der Waals surface area contributed by atoms with Crippen LogP contribution in [0.25, 0.3) is 0 Å². The zero-order valence-electron chi connectivity index (χ0n) is 11.2. The molecule has 1 aromatic rings. The highest BCUT2D eigenvalue weighted by Gasteiger charge is 2.23. The van der Waals surface area contributed by atoms with Gasteiger partial charge in [0.2, 0.25) is 0 Å². The van der Waals surface area contributed by atoms with E-state index in [4.69, 9.17) is 0 Å². The summed E-state index contributed by atoms with van der Waals surface area (Å²) in [6, 6.07) is 10.3. The molecular formula is C15H24N2. The van der Waals surface area contributed by atoms with E-state index in [0.29, 0.717) is 12.1 Å². The molecule has 94 valence electrons. The molecule has 0 amide bonds. The van der Waals surface area contributed by atoms with Gasteiger partial charge in [0.15, 0.2) is 0 Å². The van der Waals surface area contributed by atoms with Gasteiger partial charge >= 0.3 is 0 Å². The van der Waals surface area contributed by atoms with Gasteiger partial charge in [0.25, 0.3) is 0 Å². The molecule has 0 radical (unpaired) electrons. The Morgan fingerprint density at radius 1 is 1.29 bits per heavy atom. The molecule has 2 atom stereocenters. The van der Waals surface area contributed by atoms with Crippen LogP contribution < -0.4 is 10.2 Å². The van der Waals surface area contributed by atoms with Crippen LogP contribution in [0.1, 0.15) is 32.3 Å². The first-order valence-electron chi connectivity index (χ1n) is 6.77. The van der Waals surface area contributed by atoms with Gasteiger partial charge in [-0.2, -0.15) is 0 Å². The summed E-state index contributed by atoms with van der Waals surface area (Å²) in [5.74, 6) is 0. The Balaban J connectivity index is 2.12. The number of benzene rings is 1. The van der Waals surface area contributed by atoms with Gasteiger partial charge < -0.3 is 10.2 Å². The number of hydrogen-bond donors (Lipinski definition) is 1. The van der Waals surface area contributed by atoms with E-state index < -0.39 is 0 Å². The lowest BCUT2D eigenvalue weighted by Crippen LogP contribution is -2.47. The fourth-order valence-corrected chi connectivity index (χ4v) is 2.78. The van der Waals surface area contributed by atoms with Crippen molar-refractivity contribution in [3.63, 3.8) is 0 Å². The summed E-state index contributed by atoms with van der Waals surface area (Å²) in [6.45, 7) is 8.93. The molecule has 0 spiro atoms. The first-order chi connectivity index (χ1) is 8.20. The summed E-state index contributed by atoms with van der Waals surface area (Å²) in [5.41, 5.74) is 2.71. The number of anilines is 1. The maximum atomic E-state index is 3.52. The summed E-state index contributed by atoms with van der Waals surface area (Å²) < 4.78 is 0. The minimum absolute atomic E-state index is 0.647. The molecule has 1 heterocycles. The first kappa shape index (κ1) is 12.4. The minimum atomic E-state index is 0.647. The second-order valence-corrected chi connectivity index (χ2v) is 5.15. The number of nitrogens with zero attached hydrogens (tertiary/aromatic N) is 1. The minimum Gasteiger partial charge on any atom is -0.369 e. The van der Waals surface area contributed by atoms with Gasteiger partial charge in [-0.1, -0.05) is 17.7 Å². The topological polar surface area (TPSA) is 15.3 Å². The van der Waals surface area contributed by atoms with Gasteiger partial charge in [-0.3, -0.25) is 0 Å². The quantitative estimate of drug-likeness (QED) is 0.862. The van der Waals surface area contributed by atoms with Crippen molar-refractivity contribution in [2.75, 3.05) is 18.0 Å². The van der Waals surface area contributed by atoms with Crippen LogP contribution in [-0.2, 0) is 0 Å². The Hall–Kier alpha value is -1.02. The third-order valence-corrected chi connectivity index (χ3v) is 3.74. The van der Waals surface area contributed by atoms with Crippen LogP contribution in [0, 0.1) is 6.92 Å². The molecule has 1 saturated heterocycles. The third kappa shape index (κ3) is 3.01. The Labute approximate surface area is 105 Å². The van der Waals surface area contributed by atoms with Crippen LogP contribution in [0.3, 0.4) is 0 Å². The maximum Gasteiger partial charge on any atom is 0.0368 e. The van der Waals surface area contributed by atoms with E-state index in [0.717, 1.165) is 13.1 Å². The van der Waals surface area contributed by atoms with Crippen molar-refractivity contribution in [1.82, 2.24) is 5.32 Å². The van der Waals surface area contributed by atoms with E-state index in [1.807, 2.05) is 0 Å². The number of nitrogens with one attached hydrogen (secondary N) is 1. The number of hydrogen-bond acceptors (Lipinski definition) is 2. The highest BCUT2D eigenvalue weighted by Crippen LogP contribution is 2.23. The SMILES string of the molecule is CCN(c1ccc(C)cc1)C1CCNC(C)C1. The third-order valence-electron chi connectivity index (χ3n) is 3.74. The number of rotatable bonds is 3. The molecule has 0 bridgehead atoms. The average molecular weight is 232 g/mol. The predicted octanol–water partition coefficient (Wildman–Crippen LogP) is 2.96. The second kappa shape index (κ2) is 5.54.